The second-order valence-electron chi connectivity index (χ2n) is 8.08. The molecule has 0 spiro atoms. The van der Waals surface area contributed by atoms with Crippen molar-refractivity contribution in [2.75, 3.05) is 6.54 Å². The summed E-state index contributed by atoms with van der Waals surface area (Å²) in [7, 11) is 0. The highest BCUT2D eigenvalue weighted by atomic mass is 16.4. The number of phenolic OH excluding ortho intramolecular Hbond substituents is 2. The summed E-state index contributed by atoms with van der Waals surface area (Å²) in [5, 5.41) is 49.2. The smallest absolute Gasteiger partial charge is 0.414 e. The molecule has 0 heterocycles. The maximum atomic E-state index is 10.0. The van der Waals surface area contributed by atoms with Gasteiger partial charge in [-0.3, -0.25) is 9.59 Å². The molecule has 1 aromatic carbocycles. The summed E-state index contributed by atoms with van der Waals surface area (Å²) in [5.41, 5.74) is 5.07. The van der Waals surface area contributed by atoms with E-state index in [0.717, 1.165) is 5.56 Å². The maximum Gasteiger partial charge on any atom is 0.414 e. The van der Waals surface area contributed by atoms with Crippen LogP contribution in [0.15, 0.2) is 18.2 Å². The Hall–Kier alpha value is -3.34. The van der Waals surface area contributed by atoms with Gasteiger partial charge in [-0.2, -0.15) is 0 Å². The van der Waals surface area contributed by atoms with E-state index in [0.29, 0.717) is 13.0 Å². The largest absolute Gasteiger partial charge is 0.504 e. The lowest BCUT2D eigenvalue weighted by molar-refractivity contribution is -0.159. The summed E-state index contributed by atoms with van der Waals surface area (Å²) < 4.78 is 0. The number of carboxylic acids is 4. The molecular formula is C20H33NO10. The Kier molecular flexibility index (Phi) is 15.2. The number of aliphatic carboxylic acids is 4. The van der Waals surface area contributed by atoms with Crippen LogP contribution in [0.25, 0.3) is 0 Å². The number of rotatable bonds is 2. The molecule has 0 radical (unpaired) electrons. The fourth-order valence-corrected chi connectivity index (χ4v) is 0.891. The van der Waals surface area contributed by atoms with Crippen LogP contribution in [0.5, 0.6) is 11.5 Å². The molecule has 0 atom stereocenters. The Morgan fingerprint density at radius 1 is 0.742 bits per heavy atom. The lowest BCUT2D eigenvalue weighted by Gasteiger charge is -2.08. The van der Waals surface area contributed by atoms with Crippen molar-refractivity contribution in [3.63, 3.8) is 0 Å². The number of carbonyl (C=O) groups is 4. The van der Waals surface area contributed by atoms with Crippen LogP contribution in [0.1, 0.15) is 47.1 Å². The van der Waals surface area contributed by atoms with E-state index < -0.39 is 34.7 Å². The molecule has 0 aliphatic heterocycles. The van der Waals surface area contributed by atoms with Gasteiger partial charge < -0.3 is 36.4 Å². The SMILES string of the molecule is CC(C)(C)C(=O)O.CC(C)(C)C(=O)O.NCCc1ccc(O)c(O)c1.O=C(O)C(=O)O. The minimum Gasteiger partial charge on any atom is -0.504 e. The van der Waals surface area contributed by atoms with Gasteiger partial charge in [0.15, 0.2) is 11.5 Å². The molecule has 1 rings (SSSR count). The first-order valence-corrected chi connectivity index (χ1v) is 8.91. The van der Waals surface area contributed by atoms with Crippen LogP contribution >= 0.6 is 0 Å². The van der Waals surface area contributed by atoms with Crippen molar-refractivity contribution in [2.45, 2.75) is 48.0 Å². The Balaban J connectivity index is -0.000000350. The van der Waals surface area contributed by atoms with Crippen LogP contribution in [0.3, 0.4) is 0 Å². The number of aromatic hydroxyl groups is 2. The second-order valence-corrected chi connectivity index (χ2v) is 8.08. The van der Waals surface area contributed by atoms with E-state index in [-0.39, 0.29) is 11.5 Å². The fraction of sp³-hybridized carbons (Fsp3) is 0.500. The second kappa shape index (κ2) is 14.6. The maximum absolute atomic E-state index is 10.0. The minimum absolute atomic E-state index is 0.0871. The van der Waals surface area contributed by atoms with Crippen LogP contribution in [0.2, 0.25) is 0 Å². The van der Waals surface area contributed by atoms with Gasteiger partial charge >= 0.3 is 23.9 Å². The molecule has 1 aromatic rings. The summed E-state index contributed by atoms with van der Waals surface area (Å²) in [4.78, 5) is 38.2. The summed E-state index contributed by atoms with van der Waals surface area (Å²) in [6, 6.07) is 4.71. The molecule has 0 amide bonds. The molecule has 0 aliphatic rings. The van der Waals surface area contributed by atoms with Gasteiger partial charge in [-0.1, -0.05) is 6.07 Å². The van der Waals surface area contributed by atoms with E-state index in [1.165, 1.54) is 12.1 Å². The molecule has 8 N–H and O–H groups in total. The number of nitrogens with two attached hydrogens (primary N) is 1. The molecule has 11 nitrogen and oxygen atoms in total. The van der Waals surface area contributed by atoms with Crippen molar-refractivity contribution in [2.24, 2.45) is 16.6 Å². The molecule has 0 unspecified atom stereocenters. The van der Waals surface area contributed by atoms with Crippen LogP contribution in [-0.4, -0.2) is 61.1 Å². The van der Waals surface area contributed by atoms with Gasteiger partial charge in [-0.05, 0) is 72.2 Å². The van der Waals surface area contributed by atoms with Crippen LogP contribution in [0.4, 0.5) is 0 Å². The molecule has 0 saturated carbocycles. The molecule has 0 saturated heterocycles. The van der Waals surface area contributed by atoms with Gasteiger partial charge in [-0.15, -0.1) is 0 Å². The lowest BCUT2D eigenvalue weighted by Crippen LogP contribution is -2.18. The number of carboxylic acid groups (broad SMARTS) is 4. The first kappa shape index (κ1) is 32.3. The lowest BCUT2D eigenvalue weighted by atomic mass is 9.98. The summed E-state index contributed by atoms with van der Waals surface area (Å²) >= 11 is 0. The molecule has 31 heavy (non-hydrogen) atoms. The van der Waals surface area contributed by atoms with Gasteiger partial charge in [0, 0.05) is 0 Å². The Morgan fingerprint density at radius 3 is 1.26 bits per heavy atom. The van der Waals surface area contributed by atoms with Gasteiger partial charge in [0.1, 0.15) is 0 Å². The van der Waals surface area contributed by atoms with E-state index in [1.807, 2.05) is 0 Å². The molecule has 0 bridgehead atoms. The zero-order valence-electron chi connectivity index (χ0n) is 18.5. The number of phenols is 2. The van der Waals surface area contributed by atoms with Crippen molar-refractivity contribution in [3.8, 4) is 11.5 Å². The Bertz CT molecular complexity index is 694. The molecular weight excluding hydrogens is 414 g/mol. The van der Waals surface area contributed by atoms with E-state index >= 15 is 0 Å². The summed E-state index contributed by atoms with van der Waals surface area (Å²) in [6.07, 6.45) is 0.716. The van der Waals surface area contributed by atoms with E-state index in [4.69, 9.17) is 46.0 Å². The molecule has 11 heteroatoms. The van der Waals surface area contributed by atoms with E-state index in [2.05, 4.69) is 0 Å². The van der Waals surface area contributed by atoms with Gasteiger partial charge in [0.05, 0.1) is 10.8 Å². The van der Waals surface area contributed by atoms with Crippen LogP contribution in [-0.2, 0) is 25.6 Å². The zero-order valence-corrected chi connectivity index (χ0v) is 18.5. The van der Waals surface area contributed by atoms with Crippen molar-refractivity contribution in [3.05, 3.63) is 23.8 Å². The molecule has 0 fully saturated rings. The normalized spacial score (nSPS) is 10.0. The molecule has 0 aromatic heterocycles. The topological polar surface area (TPSA) is 216 Å². The number of benzene rings is 1. The molecule has 0 aliphatic carbocycles. The minimum atomic E-state index is -1.82. The average molecular weight is 447 g/mol. The molecule has 178 valence electrons. The van der Waals surface area contributed by atoms with Crippen LogP contribution < -0.4 is 5.73 Å². The third-order valence-electron chi connectivity index (χ3n) is 2.94. The van der Waals surface area contributed by atoms with Crippen molar-refractivity contribution < 1.29 is 49.8 Å². The van der Waals surface area contributed by atoms with Crippen LogP contribution in [0, 0.1) is 10.8 Å². The first-order chi connectivity index (χ1) is 13.8. The first-order valence-electron chi connectivity index (χ1n) is 8.91. The predicted molar refractivity (Wildman–Crippen MR) is 112 cm³/mol. The quantitative estimate of drug-likeness (QED) is 0.257. The Labute approximate surface area is 180 Å². The third kappa shape index (κ3) is 19.7. The fourth-order valence-electron chi connectivity index (χ4n) is 0.891. The zero-order chi connectivity index (χ0) is 25.6. The standard InChI is InChI=1S/C8H11NO2.2C5H10O2.C2H2O4/c9-4-3-6-1-2-7(10)8(11)5-6;2*1-5(2,3)4(6)7;3-1(4)2(5)6/h1-2,5,10-11H,3-4,9H2;2*1-3H3,(H,6,7);(H,3,4)(H,5,6). The predicted octanol–water partition coefficient (Wildman–Crippen LogP) is 1.99. The average Bonchev–Trinajstić information content (AvgIpc) is 2.58. The summed E-state index contributed by atoms with van der Waals surface area (Å²) in [6.45, 7) is 10.5. The van der Waals surface area contributed by atoms with Gasteiger partial charge in [0.25, 0.3) is 0 Å². The monoisotopic (exact) mass is 447 g/mol. The van der Waals surface area contributed by atoms with Crippen molar-refractivity contribution in [1.29, 1.82) is 0 Å². The highest BCUT2D eigenvalue weighted by Gasteiger charge is 2.19. The van der Waals surface area contributed by atoms with Gasteiger partial charge in [0.2, 0.25) is 0 Å². The highest BCUT2D eigenvalue weighted by Crippen LogP contribution is 2.24. The number of hydrogen-bond acceptors (Lipinski definition) is 7. The highest BCUT2D eigenvalue weighted by molar-refractivity contribution is 6.27. The number of hydrogen-bond donors (Lipinski definition) is 7. The van der Waals surface area contributed by atoms with E-state index in [1.54, 1.807) is 47.6 Å². The third-order valence-corrected chi connectivity index (χ3v) is 2.94. The van der Waals surface area contributed by atoms with Crippen molar-refractivity contribution in [1.82, 2.24) is 0 Å². The Morgan fingerprint density at radius 2 is 1.06 bits per heavy atom. The van der Waals surface area contributed by atoms with E-state index in [9.17, 15) is 9.59 Å². The van der Waals surface area contributed by atoms with Crippen molar-refractivity contribution >= 4 is 23.9 Å². The van der Waals surface area contributed by atoms with Gasteiger partial charge in [-0.25, -0.2) is 9.59 Å². The summed E-state index contributed by atoms with van der Waals surface area (Å²) in [5.74, 6) is -5.34.